The van der Waals surface area contributed by atoms with E-state index in [-0.39, 0.29) is 12.5 Å². The Balaban J connectivity index is 2.35. The van der Waals surface area contributed by atoms with Gasteiger partial charge in [0.2, 0.25) is 0 Å². The van der Waals surface area contributed by atoms with Crippen LogP contribution in [0.5, 0.6) is 23.0 Å². The fourth-order valence-electron chi connectivity index (χ4n) is 2.69. The number of aliphatic hydroxyl groups is 1. The van der Waals surface area contributed by atoms with Gasteiger partial charge in [-0.25, -0.2) is 0 Å². The molecule has 0 saturated carbocycles. The summed E-state index contributed by atoms with van der Waals surface area (Å²) in [6.45, 7) is 0.0185. The maximum atomic E-state index is 9.86. The second-order valence-corrected chi connectivity index (χ2v) is 5.37. The van der Waals surface area contributed by atoms with E-state index in [0.29, 0.717) is 23.7 Å². The van der Waals surface area contributed by atoms with Crippen LogP contribution in [0, 0.1) is 0 Å². The van der Waals surface area contributed by atoms with Gasteiger partial charge in [-0.15, -0.1) is 0 Å². The van der Waals surface area contributed by atoms with Crippen LogP contribution in [-0.4, -0.2) is 40.2 Å². The lowest BCUT2D eigenvalue weighted by Crippen LogP contribution is -2.10. The molecular formula is C19H24O5. The molecule has 0 aliphatic heterocycles. The number of ether oxygens (including phenoxy) is 4. The highest BCUT2D eigenvalue weighted by Gasteiger charge is 2.19. The number of rotatable bonds is 8. The zero-order valence-corrected chi connectivity index (χ0v) is 14.5. The first-order valence-corrected chi connectivity index (χ1v) is 7.70. The molecule has 24 heavy (non-hydrogen) atoms. The van der Waals surface area contributed by atoms with Gasteiger partial charge in [0.1, 0.15) is 23.0 Å². The van der Waals surface area contributed by atoms with E-state index in [9.17, 15) is 5.11 Å². The highest BCUT2D eigenvalue weighted by molar-refractivity contribution is 5.51. The number of aliphatic hydroxyl groups excluding tert-OH is 1. The lowest BCUT2D eigenvalue weighted by molar-refractivity contribution is 0.262. The summed E-state index contributed by atoms with van der Waals surface area (Å²) in [5, 5.41) is 9.86. The Hall–Kier alpha value is -2.40. The minimum Gasteiger partial charge on any atom is -0.497 e. The SMILES string of the molecule is COc1ccc([C@@H](CO)Cc2c(OC)cc(OC)cc2OC)cc1. The van der Waals surface area contributed by atoms with Gasteiger partial charge in [0.15, 0.2) is 0 Å². The Morgan fingerprint density at radius 2 is 1.33 bits per heavy atom. The van der Waals surface area contributed by atoms with Crippen molar-refractivity contribution in [1.82, 2.24) is 0 Å². The molecule has 2 aromatic rings. The van der Waals surface area contributed by atoms with E-state index in [1.807, 2.05) is 36.4 Å². The molecule has 0 heterocycles. The van der Waals surface area contributed by atoms with Crippen LogP contribution in [0.4, 0.5) is 0 Å². The number of methoxy groups -OCH3 is 4. The first kappa shape index (κ1) is 17.9. The van der Waals surface area contributed by atoms with E-state index in [1.165, 1.54) is 0 Å². The van der Waals surface area contributed by atoms with Gasteiger partial charge >= 0.3 is 0 Å². The molecule has 0 bridgehead atoms. The summed E-state index contributed by atoms with van der Waals surface area (Å²) in [5.74, 6) is 2.73. The molecular weight excluding hydrogens is 308 g/mol. The van der Waals surface area contributed by atoms with Crippen LogP contribution in [0.1, 0.15) is 17.0 Å². The first-order valence-electron chi connectivity index (χ1n) is 7.70. The number of benzene rings is 2. The van der Waals surface area contributed by atoms with Crippen molar-refractivity contribution >= 4 is 0 Å². The maximum Gasteiger partial charge on any atom is 0.129 e. The highest BCUT2D eigenvalue weighted by atomic mass is 16.5. The van der Waals surface area contributed by atoms with Crippen molar-refractivity contribution in [3.8, 4) is 23.0 Å². The fourth-order valence-corrected chi connectivity index (χ4v) is 2.69. The first-order chi connectivity index (χ1) is 11.7. The second kappa shape index (κ2) is 8.45. The molecule has 1 N–H and O–H groups in total. The molecule has 0 aliphatic rings. The minimum absolute atomic E-state index is 0.0185. The van der Waals surface area contributed by atoms with Crippen molar-refractivity contribution in [3.63, 3.8) is 0 Å². The Kier molecular flexibility index (Phi) is 6.32. The topological polar surface area (TPSA) is 57.2 Å². The quantitative estimate of drug-likeness (QED) is 0.805. The van der Waals surface area contributed by atoms with Crippen molar-refractivity contribution in [3.05, 3.63) is 47.5 Å². The molecule has 1 atom stereocenters. The zero-order valence-electron chi connectivity index (χ0n) is 14.5. The molecule has 0 fully saturated rings. The normalized spacial score (nSPS) is 11.7. The molecule has 130 valence electrons. The van der Waals surface area contributed by atoms with Gasteiger partial charge in [-0.1, -0.05) is 12.1 Å². The summed E-state index contributed by atoms with van der Waals surface area (Å²) in [7, 11) is 6.45. The molecule has 0 unspecified atom stereocenters. The van der Waals surface area contributed by atoms with Crippen LogP contribution in [0.15, 0.2) is 36.4 Å². The molecule has 0 aliphatic carbocycles. The molecule has 5 nitrogen and oxygen atoms in total. The Morgan fingerprint density at radius 1 is 0.792 bits per heavy atom. The van der Waals surface area contributed by atoms with Crippen molar-refractivity contribution in [2.24, 2.45) is 0 Å². The molecule has 5 heteroatoms. The van der Waals surface area contributed by atoms with Gasteiger partial charge < -0.3 is 24.1 Å². The van der Waals surface area contributed by atoms with E-state index < -0.39 is 0 Å². The van der Waals surface area contributed by atoms with E-state index in [1.54, 1.807) is 28.4 Å². The van der Waals surface area contributed by atoms with Gasteiger partial charge in [0, 0.05) is 23.6 Å². The van der Waals surface area contributed by atoms with Crippen molar-refractivity contribution in [2.45, 2.75) is 12.3 Å². The summed E-state index contributed by atoms with van der Waals surface area (Å²) >= 11 is 0. The third kappa shape index (κ3) is 3.92. The molecule has 0 aromatic heterocycles. The van der Waals surface area contributed by atoms with E-state index >= 15 is 0 Å². The van der Waals surface area contributed by atoms with Gasteiger partial charge in [-0.05, 0) is 24.1 Å². The van der Waals surface area contributed by atoms with E-state index in [2.05, 4.69) is 0 Å². The minimum atomic E-state index is -0.0768. The van der Waals surface area contributed by atoms with Crippen LogP contribution >= 0.6 is 0 Å². The lowest BCUT2D eigenvalue weighted by Gasteiger charge is -2.20. The molecule has 2 rings (SSSR count). The summed E-state index contributed by atoms with van der Waals surface area (Å²) in [6, 6.07) is 11.3. The van der Waals surface area contributed by atoms with Gasteiger partial charge in [0.25, 0.3) is 0 Å². The lowest BCUT2D eigenvalue weighted by atomic mass is 9.91. The van der Waals surface area contributed by atoms with E-state index in [4.69, 9.17) is 18.9 Å². The summed E-state index contributed by atoms with van der Waals surface area (Å²) in [6.07, 6.45) is 0.583. The standard InChI is InChI=1S/C19H24O5/c1-21-15-7-5-13(6-8-15)14(12-20)9-17-18(23-3)10-16(22-2)11-19(17)24-4/h5-8,10-11,14,20H,9,12H2,1-4H3/t14-/m1/s1. The van der Waals surface area contributed by atoms with Crippen LogP contribution in [0.3, 0.4) is 0 Å². The Bertz CT molecular complexity index is 626. The largest absolute Gasteiger partial charge is 0.497 e. The monoisotopic (exact) mass is 332 g/mol. The van der Waals surface area contributed by atoms with E-state index in [0.717, 1.165) is 16.9 Å². The van der Waals surface area contributed by atoms with Crippen LogP contribution in [0.2, 0.25) is 0 Å². The maximum absolute atomic E-state index is 9.86. The summed E-state index contributed by atoms with van der Waals surface area (Å²) in [4.78, 5) is 0. The number of hydrogen-bond donors (Lipinski definition) is 1. The highest BCUT2D eigenvalue weighted by Crippen LogP contribution is 2.37. The van der Waals surface area contributed by atoms with Gasteiger partial charge in [-0.3, -0.25) is 0 Å². The van der Waals surface area contributed by atoms with Crippen molar-refractivity contribution in [2.75, 3.05) is 35.0 Å². The average Bonchev–Trinajstić information content (AvgIpc) is 2.65. The van der Waals surface area contributed by atoms with Gasteiger partial charge in [-0.2, -0.15) is 0 Å². The fraction of sp³-hybridized carbons (Fsp3) is 0.368. The number of hydrogen-bond acceptors (Lipinski definition) is 5. The molecule has 0 saturated heterocycles. The van der Waals surface area contributed by atoms with Crippen LogP contribution < -0.4 is 18.9 Å². The Labute approximate surface area is 142 Å². The second-order valence-electron chi connectivity index (χ2n) is 5.37. The molecule has 0 spiro atoms. The molecule has 0 radical (unpaired) electrons. The third-order valence-electron chi connectivity index (χ3n) is 4.08. The summed E-state index contributed by atoms with van der Waals surface area (Å²) in [5.41, 5.74) is 1.92. The third-order valence-corrected chi connectivity index (χ3v) is 4.08. The van der Waals surface area contributed by atoms with Crippen molar-refractivity contribution < 1.29 is 24.1 Å². The molecule has 2 aromatic carbocycles. The van der Waals surface area contributed by atoms with Crippen LogP contribution in [0.25, 0.3) is 0 Å². The predicted molar refractivity (Wildman–Crippen MR) is 92.6 cm³/mol. The predicted octanol–water partition coefficient (Wildman–Crippen LogP) is 3.04. The zero-order chi connectivity index (χ0) is 17.5. The smallest absolute Gasteiger partial charge is 0.129 e. The Morgan fingerprint density at radius 3 is 1.75 bits per heavy atom. The van der Waals surface area contributed by atoms with Crippen LogP contribution in [-0.2, 0) is 6.42 Å². The molecule has 0 amide bonds. The van der Waals surface area contributed by atoms with Crippen molar-refractivity contribution in [1.29, 1.82) is 0 Å². The average molecular weight is 332 g/mol. The summed E-state index contributed by atoms with van der Waals surface area (Å²) < 4.78 is 21.4. The van der Waals surface area contributed by atoms with Gasteiger partial charge in [0.05, 0.1) is 35.0 Å².